The van der Waals surface area contributed by atoms with Gasteiger partial charge in [-0.15, -0.1) is 0 Å². The first-order valence-electron chi connectivity index (χ1n) is 8.41. The second-order valence-electron chi connectivity index (χ2n) is 5.61. The summed E-state index contributed by atoms with van der Waals surface area (Å²) in [5, 5.41) is 3.87. The molecule has 136 valence electrons. The molecule has 1 heterocycles. The van der Waals surface area contributed by atoms with Crippen LogP contribution in [0.5, 0.6) is 11.5 Å². The molecule has 27 heavy (non-hydrogen) atoms. The maximum atomic E-state index is 11.7. The van der Waals surface area contributed by atoms with Gasteiger partial charge in [0.15, 0.2) is 6.61 Å². The van der Waals surface area contributed by atoms with Gasteiger partial charge in [-0.2, -0.15) is 5.10 Å². The third kappa shape index (κ3) is 6.28. The van der Waals surface area contributed by atoms with Crippen molar-refractivity contribution >= 4 is 12.1 Å². The van der Waals surface area contributed by atoms with Gasteiger partial charge in [0.2, 0.25) is 0 Å². The van der Waals surface area contributed by atoms with E-state index in [-0.39, 0.29) is 12.5 Å². The van der Waals surface area contributed by atoms with E-state index in [9.17, 15) is 4.79 Å². The minimum atomic E-state index is -0.343. The number of pyridine rings is 1. The number of carbonyl (C=O) groups excluding carboxylic acids is 1. The smallest absolute Gasteiger partial charge is 0.277 e. The van der Waals surface area contributed by atoms with Gasteiger partial charge < -0.3 is 9.47 Å². The summed E-state index contributed by atoms with van der Waals surface area (Å²) in [6, 6.07) is 20.6. The number of amides is 1. The Morgan fingerprint density at radius 2 is 1.59 bits per heavy atom. The zero-order valence-electron chi connectivity index (χ0n) is 14.6. The molecule has 1 amide bonds. The largest absolute Gasteiger partial charge is 0.489 e. The van der Waals surface area contributed by atoms with Crippen molar-refractivity contribution < 1.29 is 14.3 Å². The van der Waals surface area contributed by atoms with Gasteiger partial charge in [-0.25, -0.2) is 5.43 Å². The lowest BCUT2D eigenvalue weighted by Gasteiger charge is -2.08. The second-order valence-corrected chi connectivity index (χ2v) is 5.61. The Labute approximate surface area is 157 Å². The number of hydrazone groups is 1. The molecule has 0 aliphatic carbocycles. The third-order valence-corrected chi connectivity index (χ3v) is 3.55. The molecule has 3 rings (SSSR count). The third-order valence-electron chi connectivity index (χ3n) is 3.55. The molecule has 0 aliphatic heterocycles. The van der Waals surface area contributed by atoms with Gasteiger partial charge in [0.1, 0.15) is 18.1 Å². The molecule has 0 saturated heterocycles. The number of hydrogen-bond donors (Lipinski definition) is 1. The van der Waals surface area contributed by atoms with Crippen molar-refractivity contribution in [3.05, 3.63) is 90.3 Å². The number of rotatable bonds is 8. The topological polar surface area (TPSA) is 72.8 Å². The van der Waals surface area contributed by atoms with Crippen LogP contribution in [0.3, 0.4) is 0 Å². The fraction of sp³-hybridized carbons (Fsp3) is 0.0952. The number of carbonyl (C=O) groups is 1. The number of benzene rings is 2. The molecule has 2 aromatic carbocycles. The molecule has 0 saturated carbocycles. The fourth-order valence-corrected chi connectivity index (χ4v) is 2.18. The van der Waals surface area contributed by atoms with Crippen molar-refractivity contribution in [3.8, 4) is 11.5 Å². The Bertz CT molecular complexity index is 866. The van der Waals surface area contributed by atoms with E-state index in [4.69, 9.17) is 9.47 Å². The molecule has 6 heteroatoms. The average molecular weight is 361 g/mol. The van der Waals surface area contributed by atoms with Gasteiger partial charge in [0.25, 0.3) is 5.91 Å². The van der Waals surface area contributed by atoms with Crippen molar-refractivity contribution in [1.29, 1.82) is 0 Å². The van der Waals surface area contributed by atoms with Crippen LogP contribution in [0.2, 0.25) is 0 Å². The number of ether oxygens (including phenoxy) is 2. The van der Waals surface area contributed by atoms with E-state index >= 15 is 0 Å². The minimum Gasteiger partial charge on any atom is -0.489 e. The van der Waals surface area contributed by atoms with Crippen LogP contribution in [0.1, 0.15) is 11.1 Å². The standard InChI is InChI=1S/C21H19N3O3/c25-21(24-23-14-17-10-12-22-13-11-17)16-27-20-8-6-19(7-9-20)26-15-18-4-2-1-3-5-18/h1-14H,15-16H2,(H,24,25)/b23-14+. The monoisotopic (exact) mass is 361 g/mol. The molecule has 0 fully saturated rings. The first kappa shape index (κ1) is 18.1. The maximum absolute atomic E-state index is 11.7. The van der Waals surface area contributed by atoms with E-state index in [2.05, 4.69) is 15.5 Å². The molecule has 6 nitrogen and oxygen atoms in total. The van der Waals surface area contributed by atoms with E-state index in [0.29, 0.717) is 12.4 Å². The van der Waals surface area contributed by atoms with Gasteiger partial charge >= 0.3 is 0 Å². The Balaban J connectivity index is 1.40. The lowest BCUT2D eigenvalue weighted by Crippen LogP contribution is -2.24. The number of aromatic nitrogens is 1. The van der Waals surface area contributed by atoms with E-state index in [1.807, 2.05) is 30.3 Å². The summed E-state index contributed by atoms with van der Waals surface area (Å²) in [6.45, 7) is 0.372. The van der Waals surface area contributed by atoms with E-state index in [1.54, 1.807) is 55.0 Å². The molecule has 1 aromatic heterocycles. The highest BCUT2D eigenvalue weighted by molar-refractivity contribution is 5.82. The van der Waals surface area contributed by atoms with Crippen molar-refractivity contribution in [3.63, 3.8) is 0 Å². The van der Waals surface area contributed by atoms with Crippen LogP contribution < -0.4 is 14.9 Å². The lowest BCUT2D eigenvalue weighted by atomic mass is 10.2. The van der Waals surface area contributed by atoms with Crippen molar-refractivity contribution in [1.82, 2.24) is 10.4 Å². The quantitative estimate of drug-likeness (QED) is 0.494. The molecule has 0 spiro atoms. The predicted octanol–water partition coefficient (Wildman–Crippen LogP) is 3.19. The summed E-state index contributed by atoms with van der Waals surface area (Å²) in [7, 11) is 0. The predicted molar refractivity (Wildman–Crippen MR) is 103 cm³/mol. The molecule has 0 radical (unpaired) electrons. The maximum Gasteiger partial charge on any atom is 0.277 e. The highest BCUT2D eigenvalue weighted by Gasteiger charge is 2.02. The molecular formula is C21H19N3O3. The van der Waals surface area contributed by atoms with E-state index in [0.717, 1.165) is 16.9 Å². The van der Waals surface area contributed by atoms with Crippen LogP contribution in [0, 0.1) is 0 Å². The van der Waals surface area contributed by atoms with Gasteiger partial charge in [0.05, 0.1) is 6.21 Å². The number of nitrogens with one attached hydrogen (secondary N) is 1. The molecule has 0 atom stereocenters. The van der Waals surface area contributed by atoms with E-state index in [1.165, 1.54) is 0 Å². The van der Waals surface area contributed by atoms with Gasteiger partial charge in [0, 0.05) is 12.4 Å². The summed E-state index contributed by atoms with van der Waals surface area (Å²) in [5.41, 5.74) is 4.36. The number of nitrogens with zero attached hydrogens (tertiary/aromatic N) is 2. The molecule has 1 N–H and O–H groups in total. The Morgan fingerprint density at radius 3 is 2.30 bits per heavy atom. The van der Waals surface area contributed by atoms with Gasteiger partial charge in [-0.3, -0.25) is 9.78 Å². The fourth-order valence-electron chi connectivity index (χ4n) is 2.18. The molecule has 0 bridgehead atoms. The van der Waals surface area contributed by atoms with Crippen LogP contribution in [0.4, 0.5) is 0 Å². The Kier molecular flexibility index (Phi) is 6.53. The molecule has 0 unspecified atom stereocenters. The SMILES string of the molecule is O=C(COc1ccc(OCc2ccccc2)cc1)N/N=C/c1ccncc1. The molecule has 3 aromatic rings. The second kappa shape index (κ2) is 9.72. The summed E-state index contributed by atoms with van der Waals surface area (Å²) in [6.07, 6.45) is 4.84. The normalized spacial score (nSPS) is 10.5. The van der Waals surface area contributed by atoms with Crippen molar-refractivity contribution in [2.24, 2.45) is 5.10 Å². The van der Waals surface area contributed by atoms with E-state index < -0.39 is 0 Å². The van der Waals surface area contributed by atoms with Crippen LogP contribution in [-0.2, 0) is 11.4 Å². The summed E-state index contributed by atoms with van der Waals surface area (Å²) < 4.78 is 11.1. The minimum absolute atomic E-state index is 0.127. The van der Waals surface area contributed by atoms with Crippen LogP contribution in [-0.4, -0.2) is 23.7 Å². The summed E-state index contributed by atoms with van der Waals surface area (Å²) in [4.78, 5) is 15.7. The van der Waals surface area contributed by atoms with Crippen LogP contribution in [0.15, 0.2) is 84.2 Å². The van der Waals surface area contributed by atoms with Crippen LogP contribution >= 0.6 is 0 Å². The first-order valence-corrected chi connectivity index (χ1v) is 8.41. The Morgan fingerprint density at radius 1 is 0.926 bits per heavy atom. The average Bonchev–Trinajstić information content (AvgIpc) is 2.73. The first-order chi connectivity index (χ1) is 13.3. The van der Waals surface area contributed by atoms with Crippen LogP contribution in [0.25, 0.3) is 0 Å². The van der Waals surface area contributed by atoms with Gasteiger partial charge in [-0.1, -0.05) is 30.3 Å². The van der Waals surface area contributed by atoms with Crippen molar-refractivity contribution in [2.45, 2.75) is 6.61 Å². The highest BCUT2D eigenvalue weighted by Crippen LogP contribution is 2.18. The Hall–Kier alpha value is -3.67. The van der Waals surface area contributed by atoms with Crippen molar-refractivity contribution in [2.75, 3.05) is 6.61 Å². The zero-order valence-corrected chi connectivity index (χ0v) is 14.6. The molecule has 0 aliphatic rings. The molecular weight excluding hydrogens is 342 g/mol. The highest BCUT2D eigenvalue weighted by atomic mass is 16.5. The summed E-state index contributed by atoms with van der Waals surface area (Å²) >= 11 is 0. The lowest BCUT2D eigenvalue weighted by molar-refractivity contribution is -0.123. The number of hydrogen-bond acceptors (Lipinski definition) is 5. The zero-order chi connectivity index (χ0) is 18.7. The van der Waals surface area contributed by atoms with Gasteiger partial charge in [-0.05, 0) is 47.5 Å². The summed E-state index contributed by atoms with van der Waals surface area (Å²) in [5.74, 6) is 0.970.